The lowest BCUT2D eigenvalue weighted by molar-refractivity contribution is 0.408. The summed E-state index contributed by atoms with van der Waals surface area (Å²) in [6, 6.07) is 13.1. The molecule has 2 rings (SSSR count). The highest BCUT2D eigenvalue weighted by atomic mass is 79.9. The van der Waals surface area contributed by atoms with Crippen LogP contribution in [0.15, 0.2) is 41.3 Å². The summed E-state index contributed by atoms with van der Waals surface area (Å²) >= 11 is 5.57. The Labute approximate surface area is 133 Å². The Morgan fingerprint density at radius 3 is 2.00 bits per heavy atom. The van der Waals surface area contributed by atoms with Gasteiger partial charge in [0.1, 0.15) is 5.75 Å². The fourth-order valence-corrected chi connectivity index (χ4v) is 3.40. The molecular formula is C17H19BrOS. The summed E-state index contributed by atoms with van der Waals surface area (Å²) in [6.07, 6.45) is 2.09. The van der Waals surface area contributed by atoms with Crippen LogP contribution in [0.5, 0.6) is 5.75 Å². The Kier molecular flexibility index (Phi) is 5.17. The topological polar surface area (TPSA) is 9.23 Å². The zero-order chi connectivity index (χ0) is 14.7. The Bertz CT molecular complexity index is 569. The predicted octanol–water partition coefficient (Wildman–Crippen LogP) is 5.52. The predicted molar refractivity (Wildman–Crippen MR) is 91.5 cm³/mol. The van der Waals surface area contributed by atoms with E-state index in [1.54, 1.807) is 18.9 Å². The van der Waals surface area contributed by atoms with Crippen molar-refractivity contribution in [3.63, 3.8) is 0 Å². The summed E-state index contributed by atoms with van der Waals surface area (Å²) in [5, 5.41) is 0. The highest BCUT2D eigenvalue weighted by molar-refractivity contribution is 9.09. The van der Waals surface area contributed by atoms with Crippen molar-refractivity contribution in [1.29, 1.82) is 0 Å². The zero-order valence-corrected chi connectivity index (χ0v) is 14.6. The van der Waals surface area contributed by atoms with Crippen molar-refractivity contribution in [2.45, 2.75) is 23.6 Å². The van der Waals surface area contributed by atoms with E-state index in [0.717, 1.165) is 5.75 Å². The van der Waals surface area contributed by atoms with E-state index < -0.39 is 0 Å². The number of aryl methyl sites for hydroxylation is 2. The van der Waals surface area contributed by atoms with Crippen LogP contribution in [0.2, 0.25) is 0 Å². The van der Waals surface area contributed by atoms with Gasteiger partial charge in [-0.2, -0.15) is 0 Å². The molecule has 1 unspecified atom stereocenters. The average Bonchev–Trinajstić information content (AvgIpc) is 2.46. The molecule has 0 saturated heterocycles. The second kappa shape index (κ2) is 6.68. The third-order valence-corrected chi connectivity index (χ3v) is 5.19. The molecule has 1 nitrogen and oxygen atoms in total. The van der Waals surface area contributed by atoms with Crippen LogP contribution < -0.4 is 4.74 Å². The Hall–Kier alpha value is -0.930. The minimum Gasteiger partial charge on any atom is -0.496 e. The smallest absolute Gasteiger partial charge is 0.124 e. The van der Waals surface area contributed by atoms with E-state index in [9.17, 15) is 0 Å². The molecule has 20 heavy (non-hydrogen) atoms. The van der Waals surface area contributed by atoms with Gasteiger partial charge in [0.05, 0.1) is 11.9 Å². The van der Waals surface area contributed by atoms with Gasteiger partial charge in [-0.1, -0.05) is 40.2 Å². The van der Waals surface area contributed by atoms with Crippen LogP contribution in [0.3, 0.4) is 0 Å². The van der Waals surface area contributed by atoms with Crippen molar-refractivity contribution in [3.8, 4) is 5.75 Å². The van der Waals surface area contributed by atoms with Gasteiger partial charge in [-0.05, 0) is 54.5 Å². The van der Waals surface area contributed by atoms with Gasteiger partial charge in [0.2, 0.25) is 0 Å². The van der Waals surface area contributed by atoms with Gasteiger partial charge in [-0.3, -0.25) is 0 Å². The second-order valence-electron chi connectivity index (χ2n) is 4.82. The molecule has 0 aliphatic carbocycles. The molecule has 2 aromatic carbocycles. The van der Waals surface area contributed by atoms with Gasteiger partial charge in [0.15, 0.2) is 0 Å². The van der Waals surface area contributed by atoms with Crippen molar-refractivity contribution < 1.29 is 4.74 Å². The van der Waals surface area contributed by atoms with E-state index in [-0.39, 0.29) is 4.83 Å². The van der Waals surface area contributed by atoms with Crippen LogP contribution >= 0.6 is 27.7 Å². The van der Waals surface area contributed by atoms with E-state index in [1.165, 1.54) is 27.1 Å². The number of halogens is 1. The van der Waals surface area contributed by atoms with E-state index in [4.69, 9.17) is 4.74 Å². The molecule has 0 amide bonds. The minimum absolute atomic E-state index is 0.210. The lowest BCUT2D eigenvalue weighted by atomic mass is 9.99. The van der Waals surface area contributed by atoms with Crippen LogP contribution in [0.25, 0.3) is 0 Å². The standard InChI is InChI=1S/C17H19BrOS/c1-11-9-14(10-12(2)17(11)19-3)16(18)13-5-7-15(20-4)8-6-13/h5-10,16H,1-4H3. The second-order valence-corrected chi connectivity index (χ2v) is 6.62. The van der Waals surface area contributed by atoms with Gasteiger partial charge in [-0.15, -0.1) is 11.8 Å². The van der Waals surface area contributed by atoms with Crippen LogP contribution in [0.4, 0.5) is 0 Å². The van der Waals surface area contributed by atoms with Crippen LogP contribution in [0.1, 0.15) is 27.1 Å². The molecule has 0 aliphatic heterocycles. The molecule has 0 saturated carbocycles. The number of thioether (sulfide) groups is 1. The molecule has 0 radical (unpaired) electrons. The minimum atomic E-state index is 0.210. The third-order valence-electron chi connectivity index (χ3n) is 3.39. The van der Waals surface area contributed by atoms with Gasteiger partial charge < -0.3 is 4.74 Å². The quantitative estimate of drug-likeness (QED) is 0.530. The molecule has 0 aromatic heterocycles. The molecule has 0 aliphatic rings. The summed E-state index contributed by atoms with van der Waals surface area (Å²) in [5.74, 6) is 0.978. The van der Waals surface area contributed by atoms with Crippen LogP contribution in [-0.2, 0) is 0 Å². The fraction of sp³-hybridized carbons (Fsp3) is 0.294. The Morgan fingerprint density at radius 2 is 1.55 bits per heavy atom. The van der Waals surface area contributed by atoms with Crippen molar-refractivity contribution in [2.24, 2.45) is 0 Å². The van der Waals surface area contributed by atoms with E-state index in [0.29, 0.717) is 0 Å². The largest absolute Gasteiger partial charge is 0.496 e. The molecule has 0 N–H and O–H groups in total. The highest BCUT2D eigenvalue weighted by Crippen LogP contribution is 2.35. The lowest BCUT2D eigenvalue weighted by Crippen LogP contribution is -1.97. The Balaban J connectivity index is 2.34. The number of methoxy groups -OCH3 is 1. The van der Waals surface area contributed by atoms with Crippen LogP contribution in [-0.4, -0.2) is 13.4 Å². The number of rotatable bonds is 4. The van der Waals surface area contributed by atoms with Crippen molar-refractivity contribution in [3.05, 3.63) is 58.7 Å². The number of alkyl halides is 1. The van der Waals surface area contributed by atoms with Gasteiger partial charge in [0.25, 0.3) is 0 Å². The highest BCUT2D eigenvalue weighted by Gasteiger charge is 2.13. The van der Waals surface area contributed by atoms with Crippen molar-refractivity contribution in [1.82, 2.24) is 0 Å². The van der Waals surface area contributed by atoms with Crippen molar-refractivity contribution >= 4 is 27.7 Å². The van der Waals surface area contributed by atoms with E-state index in [2.05, 4.69) is 72.4 Å². The molecule has 0 fully saturated rings. The summed E-state index contributed by atoms with van der Waals surface area (Å²) in [5.41, 5.74) is 4.88. The van der Waals surface area contributed by atoms with Crippen LogP contribution in [0, 0.1) is 13.8 Å². The number of hydrogen-bond donors (Lipinski definition) is 0. The number of ether oxygens (including phenoxy) is 1. The Morgan fingerprint density at radius 1 is 1.00 bits per heavy atom. The fourth-order valence-electron chi connectivity index (χ4n) is 2.42. The number of hydrogen-bond acceptors (Lipinski definition) is 2. The lowest BCUT2D eigenvalue weighted by Gasteiger charge is -2.16. The monoisotopic (exact) mass is 350 g/mol. The third kappa shape index (κ3) is 3.21. The first-order chi connectivity index (χ1) is 9.56. The summed E-state index contributed by atoms with van der Waals surface area (Å²) in [4.78, 5) is 1.50. The first-order valence-corrected chi connectivity index (χ1v) is 8.64. The molecule has 0 bridgehead atoms. The molecule has 0 heterocycles. The molecule has 0 spiro atoms. The summed E-state index contributed by atoms with van der Waals surface area (Å²) in [7, 11) is 1.72. The van der Waals surface area contributed by atoms with Gasteiger partial charge in [-0.25, -0.2) is 0 Å². The number of benzene rings is 2. The molecule has 2 aromatic rings. The molecular weight excluding hydrogens is 332 g/mol. The zero-order valence-electron chi connectivity index (χ0n) is 12.2. The van der Waals surface area contributed by atoms with E-state index in [1.807, 2.05) is 0 Å². The van der Waals surface area contributed by atoms with Gasteiger partial charge >= 0.3 is 0 Å². The maximum absolute atomic E-state index is 5.43. The van der Waals surface area contributed by atoms with E-state index >= 15 is 0 Å². The first kappa shape index (κ1) is 15.5. The average molecular weight is 351 g/mol. The maximum atomic E-state index is 5.43. The maximum Gasteiger partial charge on any atom is 0.124 e. The first-order valence-electron chi connectivity index (χ1n) is 6.50. The van der Waals surface area contributed by atoms with Crippen molar-refractivity contribution in [2.75, 3.05) is 13.4 Å². The molecule has 3 heteroatoms. The normalized spacial score (nSPS) is 12.2. The molecule has 106 valence electrons. The SMILES string of the molecule is COc1c(C)cc(C(Br)c2ccc(SC)cc2)cc1C. The summed E-state index contributed by atoms with van der Waals surface area (Å²) in [6.45, 7) is 4.18. The van der Waals surface area contributed by atoms with Gasteiger partial charge in [0, 0.05) is 4.90 Å². The summed E-state index contributed by atoms with van der Waals surface area (Å²) < 4.78 is 5.43. The molecule has 1 atom stereocenters.